The van der Waals surface area contributed by atoms with Gasteiger partial charge in [0.25, 0.3) is 0 Å². The van der Waals surface area contributed by atoms with Crippen LogP contribution in [0.4, 0.5) is 0 Å². The molecule has 1 saturated carbocycles. The minimum Gasteiger partial charge on any atom is -0.390 e. The van der Waals surface area contributed by atoms with Crippen LogP contribution in [0.2, 0.25) is 0 Å². The fourth-order valence-electron chi connectivity index (χ4n) is 2.66. The van der Waals surface area contributed by atoms with Gasteiger partial charge >= 0.3 is 0 Å². The van der Waals surface area contributed by atoms with Gasteiger partial charge in [-0.3, -0.25) is 0 Å². The van der Waals surface area contributed by atoms with Crippen LogP contribution in [0.25, 0.3) is 0 Å². The molecule has 1 aliphatic carbocycles. The maximum atomic E-state index is 10.3. The van der Waals surface area contributed by atoms with Gasteiger partial charge in [0.2, 0.25) is 0 Å². The van der Waals surface area contributed by atoms with Gasteiger partial charge in [-0.2, -0.15) is 0 Å². The van der Waals surface area contributed by atoms with Gasteiger partial charge in [-0.25, -0.2) is 0 Å². The second-order valence-electron chi connectivity index (χ2n) is 4.97. The number of benzene rings is 1. The molecule has 4 unspecified atom stereocenters. The van der Waals surface area contributed by atoms with Gasteiger partial charge in [-0.05, 0) is 30.2 Å². The average molecular weight is 234 g/mol. The summed E-state index contributed by atoms with van der Waals surface area (Å²) in [6.07, 6.45) is 2.77. The van der Waals surface area contributed by atoms with Crippen molar-refractivity contribution in [2.45, 2.75) is 44.3 Å². The minimum atomic E-state index is -0.315. The van der Waals surface area contributed by atoms with Gasteiger partial charge in [0, 0.05) is 7.11 Å². The molecule has 0 aromatic heterocycles. The second kappa shape index (κ2) is 5.65. The van der Waals surface area contributed by atoms with Crippen LogP contribution in [0.15, 0.2) is 30.3 Å². The number of aliphatic hydroxyl groups excluding tert-OH is 1. The largest absolute Gasteiger partial charge is 0.390 e. The summed E-state index contributed by atoms with van der Waals surface area (Å²) in [7, 11) is 1.70. The molecule has 0 radical (unpaired) electrons. The Morgan fingerprint density at radius 2 is 2.06 bits per heavy atom. The summed E-state index contributed by atoms with van der Waals surface area (Å²) in [5, 5.41) is 10.3. The van der Waals surface area contributed by atoms with Crippen molar-refractivity contribution in [3.63, 3.8) is 0 Å². The molecule has 1 aliphatic rings. The molecule has 4 atom stereocenters. The molecule has 0 bridgehead atoms. The molecule has 94 valence electrons. The lowest BCUT2D eigenvalue weighted by molar-refractivity contribution is -0.0280. The van der Waals surface area contributed by atoms with Crippen molar-refractivity contribution >= 4 is 0 Å². The molecular formula is C15H22O2. The topological polar surface area (TPSA) is 29.5 Å². The number of methoxy groups -OCH3 is 1. The zero-order valence-electron chi connectivity index (χ0n) is 10.7. The molecule has 1 N–H and O–H groups in total. The van der Waals surface area contributed by atoms with E-state index >= 15 is 0 Å². The van der Waals surface area contributed by atoms with E-state index in [4.69, 9.17) is 4.74 Å². The standard InChI is InChI=1S/C15H22O2/c1-3-7-14(17-2)15(16)13-10-12(13)11-8-5-4-6-9-11/h4-6,8-9,12-16H,3,7,10H2,1-2H3. The number of aliphatic hydroxyl groups is 1. The lowest BCUT2D eigenvalue weighted by Crippen LogP contribution is -2.30. The third-order valence-electron chi connectivity index (χ3n) is 3.76. The Morgan fingerprint density at radius 3 is 2.65 bits per heavy atom. The third-order valence-corrected chi connectivity index (χ3v) is 3.76. The SMILES string of the molecule is CCCC(OC)C(O)C1CC1c1ccccc1. The summed E-state index contributed by atoms with van der Waals surface area (Å²) in [5.41, 5.74) is 1.35. The average Bonchev–Trinajstić information content (AvgIpc) is 3.16. The van der Waals surface area contributed by atoms with E-state index < -0.39 is 0 Å². The van der Waals surface area contributed by atoms with Gasteiger partial charge < -0.3 is 9.84 Å². The smallest absolute Gasteiger partial charge is 0.0835 e. The van der Waals surface area contributed by atoms with Gasteiger partial charge in [-0.15, -0.1) is 0 Å². The highest BCUT2D eigenvalue weighted by Gasteiger charge is 2.45. The highest BCUT2D eigenvalue weighted by atomic mass is 16.5. The zero-order chi connectivity index (χ0) is 12.3. The van der Waals surface area contributed by atoms with E-state index in [0.29, 0.717) is 11.8 Å². The first-order valence-corrected chi connectivity index (χ1v) is 6.53. The molecule has 17 heavy (non-hydrogen) atoms. The minimum absolute atomic E-state index is 0.00119. The summed E-state index contributed by atoms with van der Waals surface area (Å²) in [4.78, 5) is 0. The van der Waals surface area contributed by atoms with Crippen molar-refractivity contribution in [3.05, 3.63) is 35.9 Å². The molecule has 0 heterocycles. The first-order chi connectivity index (χ1) is 8.27. The van der Waals surface area contributed by atoms with Crippen LogP contribution in [-0.2, 0) is 4.74 Å². The molecule has 1 fully saturated rings. The zero-order valence-corrected chi connectivity index (χ0v) is 10.7. The van der Waals surface area contributed by atoms with Crippen molar-refractivity contribution in [3.8, 4) is 0 Å². The van der Waals surface area contributed by atoms with Crippen molar-refractivity contribution in [1.82, 2.24) is 0 Å². The Kier molecular flexibility index (Phi) is 4.19. The Hall–Kier alpha value is -0.860. The molecule has 0 spiro atoms. The third kappa shape index (κ3) is 2.88. The summed E-state index contributed by atoms with van der Waals surface area (Å²) in [6, 6.07) is 10.5. The van der Waals surface area contributed by atoms with Crippen LogP contribution in [0.1, 0.15) is 37.7 Å². The van der Waals surface area contributed by atoms with Crippen LogP contribution in [0, 0.1) is 5.92 Å². The molecule has 0 aliphatic heterocycles. The van der Waals surface area contributed by atoms with E-state index in [0.717, 1.165) is 19.3 Å². The quantitative estimate of drug-likeness (QED) is 0.820. The molecule has 1 aromatic carbocycles. The number of rotatable bonds is 6. The number of ether oxygens (including phenoxy) is 1. The van der Waals surface area contributed by atoms with E-state index in [1.165, 1.54) is 5.56 Å². The highest BCUT2D eigenvalue weighted by molar-refractivity contribution is 5.26. The highest BCUT2D eigenvalue weighted by Crippen LogP contribution is 2.50. The molecule has 2 nitrogen and oxygen atoms in total. The predicted molar refractivity (Wildman–Crippen MR) is 69.0 cm³/mol. The summed E-state index contributed by atoms with van der Waals surface area (Å²) in [5.74, 6) is 0.912. The maximum absolute atomic E-state index is 10.3. The maximum Gasteiger partial charge on any atom is 0.0835 e. The first-order valence-electron chi connectivity index (χ1n) is 6.53. The molecule has 2 rings (SSSR count). The van der Waals surface area contributed by atoms with Crippen LogP contribution in [0.5, 0.6) is 0 Å². The summed E-state index contributed by atoms with van der Waals surface area (Å²) in [6.45, 7) is 2.13. The lowest BCUT2D eigenvalue weighted by atomic mass is 10.0. The normalized spacial score (nSPS) is 26.5. The second-order valence-corrected chi connectivity index (χ2v) is 4.97. The Labute approximate surface area is 104 Å². The molecular weight excluding hydrogens is 212 g/mol. The summed E-state index contributed by atoms with van der Waals surface area (Å²) < 4.78 is 5.39. The van der Waals surface area contributed by atoms with E-state index in [-0.39, 0.29) is 12.2 Å². The molecule has 0 saturated heterocycles. The predicted octanol–water partition coefficient (Wildman–Crippen LogP) is 2.97. The van der Waals surface area contributed by atoms with Gasteiger partial charge in [0.05, 0.1) is 12.2 Å². The fourth-order valence-corrected chi connectivity index (χ4v) is 2.66. The molecule has 2 heteroatoms. The lowest BCUT2D eigenvalue weighted by Gasteiger charge is -2.21. The van der Waals surface area contributed by atoms with Crippen molar-refractivity contribution in [1.29, 1.82) is 0 Å². The van der Waals surface area contributed by atoms with Crippen LogP contribution >= 0.6 is 0 Å². The molecule has 0 amide bonds. The Bertz CT molecular complexity index is 336. The van der Waals surface area contributed by atoms with E-state index in [2.05, 4.69) is 31.2 Å². The fraction of sp³-hybridized carbons (Fsp3) is 0.600. The van der Waals surface area contributed by atoms with Gasteiger partial charge in [0.1, 0.15) is 0 Å². The van der Waals surface area contributed by atoms with Gasteiger partial charge in [-0.1, -0.05) is 43.7 Å². The van der Waals surface area contributed by atoms with E-state index in [1.807, 2.05) is 6.07 Å². The van der Waals surface area contributed by atoms with Crippen molar-refractivity contribution < 1.29 is 9.84 Å². The summed E-state index contributed by atoms with van der Waals surface area (Å²) >= 11 is 0. The van der Waals surface area contributed by atoms with E-state index in [1.54, 1.807) is 7.11 Å². The van der Waals surface area contributed by atoms with E-state index in [9.17, 15) is 5.11 Å². The number of hydrogen-bond acceptors (Lipinski definition) is 2. The van der Waals surface area contributed by atoms with Crippen LogP contribution in [0.3, 0.4) is 0 Å². The van der Waals surface area contributed by atoms with Crippen molar-refractivity contribution in [2.24, 2.45) is 5.92 Å². The monoisotopic (exact) mass is 234 g/mol. The van der Waals surface area contributed by atoms with Gasteiger partial charge in [0.15, 0.2) is 0 Å². The Morgan fingerprint density at radius 1 is 1.35 bits per heavy atom. The Balaban J connectivity index is 1.93. The van der Waals surface area contributed by atoms with Crippen molar-refractivity contribution in [2.75, 3.05) is 7.11 Å². The van der Waals surface area contributed by atoms with Crippen LogP contribution < -0.4 is 0 Å². The number of hydrogen-bond donors (Lipinski definition) is 1. The molecule has 1 aromatic rings. The first kappa shape index (κ1) is 12.6. The van der Waals surface area contributed by atoms with Crippen LogP contribution in [-0.4, -0.2) is 24.4 Å².